The van der Waals surface area contributed by atoms with Crippen LogP contribution in [0.15, 0.2) is 48.5 Å². The molecule has 1 aliphatic carbocycles. The molecule has 0 fully saturated rings. The van der Waals surface area contributed by atoms with Crippen molar-refractivity contribution in [2.75, 3.05) is 26.4 Å². The molecule has 0 aromatic heterocycles. The number of carbonyl (C=O) groups is 2. The van der Waals surface area contributed by atoms with E-state index in [9.17, 15) is 14.7 Å². The van der Waals surface area contributed by atoms with Crippen LogP contribution in [-0.2, 0) is 14.3 Å². The van der Waals surface area contributed by atoms with Crippen molar-refractivity contribution in [3.05, 3.63) is 59.7 Å². The normalized spacial score (nSPS) is 13.5. The molecule has 0 unspecified atom stereocenters. The van der Waals surface area contributed by atoms with Crippen LogP contribution >= 0.6 is 0 Å². The molecular formula is C22H25NO5. The number of hydrogen-bond acceptors (Lipinski definition) is 4. The minimum atomic E-state index is -1.00. The second kappa shape index (κ2) is 9.37. The second-order valence-corrected chi connectivity index (χ2v) is 6.82. The molecule has 3 rings (SSSR count). The first-order valence-corrected chi connectivity index (χ1v) is 9.51. The van der Waals surface area contributed by atoms with E-state index in [1.54, 1.807) is 0 Å². The van der Waals surface area contributed by atoms with Crippen LogP contribution in [0.1, 0.15) is 30.4 Å². The molecule has 2 aromatic carbocycles. The standard InChI is InChI=1S/C22H25NO5/c1-2-11-27-13-15(21(24)25)12-23-22(26)28-14-20-18-9-5-3-7-16(18)17-8-4-6-10-19(17)20/h3-10,15,20H,2,11-14H2,1H3,(H,23,26)(H,24,25)/t15-/m0/s1. The molecule has 0 saturated carbocycles. The number of rotatable bonds is 9. The van der Waals surface area contributed by atoms with E-state index in [1.807, 2.05) is 43.3 Å². The Morgan fingerprint density at radius 3 is 2.25 bits per heavy atom. The van der Waals surface area contributed by atoms with Gasteiger partial charge in [0.15, 0.2) is 0 Å². The third-order valence-electron chi connectivity index (χ3n) is 4.85. The molecule has 0 radical (unpaired) electrons. The third-order valence-corrected chi connectivity index (χ3v) is 4.85. The number of aliphatic carboxylic acids is 1. The van der Waals surface area contributed by atoms with E-state index in [2.05, 4.69) is 17.4 Å². The number of benzene rings is 2. The zero-order valence-corrected chi connectivity index (χ0v) is 15.9. The van der Waals surface area contributed by atoms with E-state index < -0.39 is 18.0 Å². The molecular weight excluding hydrogens is 358 g/mol. The summed E-state index contributed by atoms with van der Waals surface area (Å²) in [7, 11) is 0. The van der Waals surface area contributed by atoms with Crippen molar-refractivity contribution in [2.45, 2.75) is 19.3 Å². The molecule has 2 N–H and O–H groups in total. The van der Waals surface area contributed by atoms with E-state index in [0.717, 1.165) is 28.7 Å². The highest BCUT2D eigenvalue weighted by atomic mass is 16.5. The number of carbonyl (C=O) groups excluding carboxylic acids is 1. The number of carboxylic acids is 1. The van der Waals surface area contributed by atoms with Gasteiger partial charge in [-0.3, -0.25) is 4.79 Å². The van der Waals surface area contributed by atoms with E-state index in [-0.39, 0.29) is 25.7 Å². The summed E-state index contributed by atoms with van der Waals surface area (Å²) in [6.07, 6.45) is 0.190. The summed E-state index contributed by atoms with van der Waals surface area (Å²) in [5.41, 5.74) is 4.58. The van der Waals surface area contributed by atoms with Crippen molar-refractivity contribution in [1.29, 1.82) is 0 Å². The maximum Gasteiger partial charge on any atom is 0.407 e. The number of alkyl carbamates (subject to hydrolysis) is 1. The SMILES string of the molecule is CCCOC[C@H](CNC(=O)OCC1c2ccccc2-c2ccccc21)C(=O)O. The fourth-order valence-electron chi connectivity index (χ4n) is 3.44. The lowest BCUT2D eigenvalue weighted by Crippen LogP contribution is -2.36. The molecule has 28 heavy (non-hydrogen) atoms. The Balaban J connectivity index is 1.57. The average Bonchev–Trinajstić information content (AvgIpc) is 3.02. The highest BCUT2D eigenvalue weighted by molar-refractivity contribution is 5.79. The molecule has 0 aliphatic heterocycles. The number of carboxylic acid groups (broad SMARTS) is 1. The van der Waals surface area contributed by atoms with Crippen LogP contribution in [-0.4, -0.2) is 43.5 Å². The third kappa shape index (κ3) is 4.51. The Kier molecular flexibility index (Phi) is 6.66. The van der Waals surface area contributed by atoms with Crippen molar-refractivity contribution < 1.29 is 24.2 Å². The predicted molar refractivity (Wildman–Crippen MR) is 105 cm³/mol. The first kappa shape index (κ1) is 19.9. The molecule has 1 atom stereocenters. The highest BCUT2D eigenvalue weighted by Crippen LogP contribution is 2.44. The number of ether oxygens (including phenoxy) is 2. The maximum absolute atomic E-state index is 12.1. The number of amides is 1. The summed E-state index contributed by atoms with van der Waals surface area (Å²) in [5, 5.41) is 11.8. The summed E-state index contributed by atoms with van der Waals surface area (Å²) >= 11 is 0. The summed E-state index contributed by atoms with van der Waals surface area (Å²) in [6.45, 7) is 2.67. The minimum Gasteiger partial charge on any atom is -0.481 e. The summed E-state index contributed by atoms with van der Waals surface area (Å²) in [6, 6.07) is 16.2. The first-order valence-electron chi connectivity index (χ1n) is 9.51. The lowest BCUT2D eigenvalue weighted by atomic mass is 9.98. The Hall–Kier alpha value is -2.86. The topological polar surface area (TPSA) is 84.9 Å². The molecule has 0 spiro atoms. The summed E-state index contributed by atoms with van der Waals surface area (Å²) < 4.78 is 10.7. The number of hydrogen-bond donors (Lipinski definition) is 2. The fourth-order valence-corrected chi connectivity index (χ4v) is 3.44. The second-order valence-electron chi connectivity index (χ2n) is 6.82. The van der Waals surface area contributed by atoms with Gasteiger partial charge in [-0.25, -0.2) is 4.79 Å². The molecule has 2 aromatic rings. The molecule has 1 amide bonds. The van der Waals surface area contributed by atoms with Gasteiger partial charge in [0.2, 0.25) is 0 Å². The van der Waals surface area contributed by atoms with Crippen LogP contribution in [0.25, 0.3) is 11.1 Å². The highest BCUT2D eigenvalue weighted by Gasteiger charge is 2.29. The van der Waals surface area contributed by atoms with Gasteiger partial charge < -0.3 is 19.9 Å². The molecule has 148 valence electrons. The van der Waals surface area contributed by atoms with Gasteiger partial charge in [0, 0.05) is 19.1 Å². The van der Waals surface area contributed by atoms with Crippen LogP contribution in [0.4, 0.5) is 4.79 Å². The quantitative estimate of drug-likeness (QED) is 0.646. The smallest absolute Gasteiger partial charge is 0.407 e. The van der Waals surface area contributed by atoms with Crippen molar-refractivity contribution in [3.8, 4) is 11.1 Å². The van der Waals surface area contributed by atoms with Crippen molar-refractivity contribution in [1.82, 2.24) is 5.32 Å². The van der Waals surface area contributed by atoms with Gasteiger partial charge in [0.05, 0.1) is 12.5 Å². The molecule has 0 bridgehead atoms. The molecule has 0 heterocycles. The summed E-state index contributed by atoms with van der Waals surface area (Å²) in [5.74, 6) is -1.83. The maximum atomic E-state index is 12.1. The van der Waals surface area contributed by atoms with E-state index in [4.69, 9.17) is 9.47 Å². The Morgan fingerprint density at radius 1 is 1.07 bits per heavy atom. The summed E-state index contributed by atoms with van der Waals surface area (Å²) in [4.78, 5) is 23.4. The Bertz CT molecular complexity index is 790. The van der Waals surface area contributed by atoms with E-state index in [1.165, 1.54) is 0 Å². The van der Waals surface area contributed by atoms with Gasteiger partial charge in [-0.05, 0) is 28.7 Å². The van der Waals surface area contributed by atoms with Gasteiger partial charge in [0.25, 0.3) is 0 Å². The van der Waals surface area contributed by atoms with Gasteiger partial charge in [-0.15, -0.1) is 0 Å². The zero-order valence-electron chi connectivity index (χ0n) is 15.9. The van der Waals surface area contributed by atoms with Crippen LogP contribution < -0.4 is 5.32 Å². The molecule has 6 heteroatoms. The minimum absolute atomic E-state index is 0.0266. The van der Waals surface area contributed by atoms with Crippen LogP contribution in [0.2, 0.25) is 0 Å². The van der Waals surface area contributed by atoms with Crippen molar-refractivity contribution in [2.24, 2.45) is 5.92 Å². The van der Waals surface area contributed by atoms with E-state index in [0.29, 0.717) is 6.61 Å². The lowest BCUT2D eigenvalue weighted by Gasteiger charge is -2.16. The Labute approximate surface area is 164 Å². The molecule has 6 nitrogen and oxygen atoms in total. The first-order chi connectivity index (χ1) is 13.6. The molecule has 0 saturated heterocycles. The van der Waals surface area contributed by atoms with Crippen molar-refractivity contribution >= 4 is 12.1 Å². The zero-order chi connectivity index (χ0) is 19.9. The van der Waals surface area contributed by atoms with Gasteiger partial charge in [0.1, 0.15) is 6.61 Å². The largest absolute Gasteiger partial charge is 0.481 e. The van der Waals surface area contributed by atoms with Gasteiger partial charge in [-0.2, -0.15) is 0 Å². The van der Waals surface area contributed by atoms with E-state index >= 15 is 0 Å². The van der Waals surface area contributed by atoms with Crippen LogP contribution in [0.5, 0.6) is 0 Å². The number of nitrogens with one attached hydrogen (secondary N) is 1. The van der Waals surface area contributed by atoms with Gasteiger partial charge >= 0.3 is 12.1 Å². The monoisotopic (exact) mass is 383 g/mol. The predicted octanol–water partition coefficient (Wildman–Crippen LogP) is 3.65. The van der Waals surface area contributed by atoms with Crippen molar-refractivity contribution in [3.63, 3.8) is 0 Å². The fraction of sp³-hybridized carbons (Fsp3) is 0.364. The molecule has 1 aliphatic rings. The lowest BCUT2D eigenvalue weighted by molar-refractivity contribution is -0.143. The van der Waals surface area contributed by atoms with Crippen LogP contribution in [0, 0.1) is 5.92 Å². The number of fused-ring (bicyclic) bond motifs is 3. The average molecular weight is 383 g/mol. The van der Waals surface area contributed by atoms with Crippen LogP contribution in [0.3, 0.4) is 0 Å². The Morgan fingerprint density at radius 2 is 1.68 bits per heavy atom. The van der Waals surface area contributed by atoms with Gasteiger partial charge in [-0.1, -0.05) is 55.5 Å².